The average molecular weight is 643 g/mol. The zero-order valence-corrected chi connectivity index (χ0v) is 29.7. The molecule has 3 saturated carbocycles. The molecule has 0 amide bonds. The van der Waals surface area contributed by atoms with E-state index in [2.05, 4.69) is 40.7 Å². The van der Waals surface area contributed by atoms with Gasteiger partial charge in [-0.15, -0.1) is 0 Å². The molecule has 0 unspecified atom stereocenters. The first-order chi connectivity index (χ1) is 22.6. The van der Waals surface area contributed by atoms with E-state index in [1.807, 2.05) is 12.1 Å². The van der Waals surface area contributed by atoms with Gasteiger partial charge in [0.15, 0.2) is 6.61 Å². The van der Waals surface area contributed by atoms with Crippen LogP contribution in [0.3, 0.4) is 0 Å². The Morgan fingerprint density at radius 3 is 2.60 bits per heavy atom. The molecule has 0 bridgehead atoms. The number of benzene rings is 1. The Labute approximate surface area is 282 Å². The number of allylic oxidation sites excluding steroid dienone is 1. The third-order valence-electron chi connectivity index (χ3n) is 14.1. The van der Waals surface area contributed by atoms with Gasteiger partial charge >= 0.3 is 11.6 Å². The molecular formula is C42H58O5. The molecule has 5 nitrogen and oxygen atoms in total. The zero-order valence-electron chi connectivity index (χ0n) is 29.7. The monoisotopic (exact) mass is 642 g/mol. The molecule has 2 aromatic rings. The highest BCUT2D eigenvalue weighted by Crippen LogP contribution is 2.67. The average Bonchev–Trinajstić information content (AvgIpc) is 3.41. The van der Waals surface area contributed by atoms with Crippen LogP contribution in [-0.2, 0) is 22.4 Å². The van der Waals surface area contributed by atoms with Crippen molar-refractivity contribution < 1.29 is 18.7 Å². The highest BCUT2D eigenvalue weighted by molar-refractivity contribution is 5.83. The van der Waals surface area contributed by atoms with Crippen LogP contribution in [0.1, 0.15) is 129 Å². The van der Waals surface area contributed by atoms with Gasteiger partial charge in [-0.2, -0.15) is 0 Å². The summed E-state index contributed by atoms with van der Waals surface area (Å²) in [5.74, 6) is 5.15. The van der Waals surface area contributed by atoms with Crippen LogP contribution in [0.4, 0.5) is 0 Å². The SMILES string of the molecule is CC(C)CCC[C@@H](C)[C@H]1CC[C@@H]2[C@H]3CC=C4C[C@@H](OC(=O)COc5ccc6c7c(c(=O)oc6c5)CCCC7)CC[C@]4(C)[C@H]3CC[C@@]21C. The van der Waals surface area contributed by atoms with Crippen LogP contribution in [0.5, 0.6) is 5.75 Å². The van der Waals surface area contributed by atoms with Crippen LogP contribution in [0.25, 0.3) is 11.0 Å². The van der Waals surface area contributed by atoms with E-state index >= 15 is 0 Å². The van der Waals surface area contributed by atoms with Crippen molar-refractivity contribution in [2.24, 2.45) is 46.3 Å². The van der Waals surface area contributed by atoms with Gasteiger partial charge in [-0.05, 0) is 135 Å². The largest absolute Gasteiger partial charge is 0.482 e. The van der Waals surface area contributed by atoms with E-state index in [0.717, 1.165) is 97.0 Å². The van der Waals surface area contributed by atoms with Crippen LogP contribution < -0.4 is 10.4 Å². The quantitative estimate of drug-likeness (QED) is 0.155. The summed E-state index contributed by atoms with van der Waals surface area (Å²) in [5, 5.41) is 0.976. The lowest BCUT2D eigenvalue weighted by Crippen LogP contribution is -2.51. The standard InChI is InChI=1S/C42H58O5/c1-26(2)9-8-10-27(3)35-17-18-36-34-15-13-28-23-30(19-21-41(28,4)37(34)20-22-42(35,36)5)46-39(43)25-45-29-14-16-32-31-11-6-7-12-33(31)40(44)47-38(32)24-29/h13-14,16,24,26-27,30,34-37H,6-12,15,17-23,25H2,1-5H3/t27-,30+,34-,35-,36-,37+,41+,42-/m1/s1. The number of carbonyl (C=O) groups excluding carboxylic acids is 1. The van der Waals surface area contributed by atoms with Crippen molar-refractivity contribution in [3.05, 3.63) is 51.4 Å². The lowest BCUT2D eigenvalue weighted by Gasteiger charge is -2.58. The second-order valence-electron chi connectivity index (χ2n) is 17.1. The third-order valence-corrected chi connectivity index (χ3v) is 14.1. The highest BCUT2D eigenvalue weighted by Gasteiger charge is 2.59. The Hall–Kier alpha value is -2.56. The maximum atomic E-state index is 13.0. The Balaban J connectivity index is 0.953. The molecule has 1 aromatic carbocycles. The number of ether oxygens (including phenoxy) is 2. The van der Waals surface area contributed by atoms with Crippen molar-refractivity contribution in [1.29, 1.82) is 0 Å². The normalized spacial score (nSPS) is 33.7. The Kier molecular flexibility index (Phi) is 9.15. The van der Waals surface area contributed by atoms with Gasteiger partial charge in [0.25, 0.3) is 0 Å². The van der Waals surface area contributed by atoms with Gasteiger partial charge < -0.3 is 13.9 Å². The summed E-state index contributed by atoms with van der Waals surface area (Å²) in [6.07, 6.45) is 20.1. The fourth-order valence-electron chi connectivity index (χ4n) is 11.6. The van der Waals surface area contributed by atoms with E-state index < -0.39 is 0 Å². The van der Waals surface area contributed by atoms with E-state index in [4.69, 9.17) is 13.9 Å². The van der Waals surface area contributed by atoms with Crippen molar-refractivity contribution in [3.8, 4) is 5.75 Å². The number of fused-ring (bicyclic) bond motifs is 8. The number of carbonyl (C=O) groups is 1. The smallest absolute Gasteiger partial charge is 0.344 e. The Morgan fingerprint density at radius 1 is 0.979 bits per heavy atom. The van der Waals surface area contributed by atoms with Crippen molar-refractivity contribution in [3.63, 3.8) is 0 Å². The molecular weight excluding hydrogens is 584 g/mol. The Morgan fingerprint density at radius 2 is 1.79 bits per heavy atom. The number of esters is 1. The maximum absolute atomic E-state index is 13.0. The van der Waals surface area contributed by atoms with Gasteiger partial charge in [0.1, 0.15) is 17.4 Å². The van der Waals surface area contributed by atoms with Crippen molar-refractivity contribution in [2.45, 2.75) is 137 Å². The topological polar surface area (TPSA) is 65.7 Å². The van der Waals surface area contributed by atoms with Crippen molar-refractivity contribution in [2.75, 3.05) is 6.61 Å². The van der Waals surface area contributed by atoms with Crippen LogP contribution >= 0.6 is 0 Å². The molecule has 1 heterocycles. The molecule has 7 rings (SSSR count). The second-order valence-corrected chi connectivity index (χ2v) is 17.1. The van der Waals surface area contributed by atoms with Crippen molar-refractivity contribution >= 4 is 16.9 Å². The second kappa shape index (κ2) is 13.0. The summed E-state index contributed by atoms with van der Waals surface area (Å²) in [4.78, 5) is 25.5. The summed E-state index contributed by atoms with van der Waals surface area (Å²) >= 11 is 0. The van der Waals surface area contributed by atoms with Gasteiger partial charge in [-0.3, -0.25) is 0 Å². The first-order valence-corrected chi connectivity index (χ1v) is 19.2. The molecule has 0 N–H and O–H groups in total. The lowest BCUT2D eigenvalue weighted by atomic mass is 9.47. The summed E-state index contributed by atoms with van der Waals surface area (Å²) in [7, 11) is 0. The molecule has 5 heteroatoms. The number of rotatable bonds is 9. The highest BCUT2D eigenvalue weighted by atomic mass is 16.6. The number of hydrogen-bond donors (Lipinski definition) is 0. The van der Waals surface area contributed by atoms with Gasteiger partial charge in [-0.25, -0.2) is 9.59 Å². The fourth-order valence-corrected chi connectivity index (χ4v) is 11.6. The predicted octanol–water partition coefficient (Wildman–Crippen LogP) is 10.0. The first-order valence-electron chi connectivity index (χ1n) is 19.2. The van der Waals surface area contributed by atoms with E-state index in [1.54, 1.807) is 6.07 Å². The van der Waals surface area contributed by atoms with Gasteiger partial charge in [0.2, 0.25) is 0 Å². The molecule has 5 aliphatic rings. The van der Waals surface area contributed by atoms with Crippen LogP contribution in [-0.4, -0.2) is 18.7 Å². The summed E-state index contributed by atoms with van der Waals surface area (Å²) < 4.78 is 17.5. The minimum Gasteiger partial charge on any atom is -0.482 e. The van der Waals surface area contributed by atoms with E-state index in [1.165, 1.54) is 56.9 Å². The first kappa shape index (κ1) is 33.0. The molecule has 0 spiro atoms. The zero-order chi connectivity index (χ0) is 32.9. The van der Waals surface area contributed by atoms with E-state index in [-0.39, 0.29) is 29.7 Å². The Bertz CT molecular complexity index is 1570. The predicted molar refractivity (Wildman–Crippen MR) is 188 cm³/mol. The molecule has 8 atom stereocenters. The van der Waals surface area contributed by atoms with Crippen molar-refractivity contribution in [1.82, 2.24) is 0 Å². The minimum atomic E-state index is -0.326. The molecule has 0 radical (unpaired) electrons. The van der Waals surface area contributed by atoms with Gasteiger partial charge in [-0.1, -0.05) is 65.5 Å². The number of aryl methyl sites for hydroxylation is 1. The molecule has 3 fully saturated rings. The van der Waals surface area contributed by atoms with Gasteiger partial charge in [0.05, 0.1) is 0 Å². The molecule has 0 saturated heterocycles. The maximum Gasteiger partial charge on any atom is 0.344 e. The molecule has 0 aliphatic heterocycles. The lowest BCUT2D eigenvalue weighted by molar-refractivity contribution is -0.153. The molecule has 256 valence electrons. The summed E-state index contributed by atoms with van der Waals surface area (Å²) in [6, 6.07) is 5.57. The van der Waals surface area contributed by atoms with Crippen LogP contribution in [0, 0.1) is 46.3 Å². The minimum absolute atomic E-state index is 0.0838. The number of hydrogen-bond acceptors (Lipinski definition) is 5. The molecule has 47 heavy (non-hydrogen) atoms. The van der Waals surface area contributed by atoms with Crippen LogP contribution in [0.2, 0.25) is 0 Å². The van der Waals surface area contributed by atoms with Gasteiger partial charge in [0, 0.05) is 23.4 Å². The summed E-state index contributed by atoms with van der Waals surface area (Å²) in [6.45, 7) is 12.3. The molecule has 1 aromatic heterocycles. The van der Waals surface area contributed by atoms with E-state index in [9.17, 15) is 9.59 Å². The van der Waals surface area contributed by atoms with E-state index in [0.29, 0.717) is 16.7 Å². The third kappa shape index (κ3) is 6.12. The molecule has 5 aliphatic carbocycles. The van der Waals surface area contributed by atoms with Crippen LogP contribution in [0.15, 0.2) is 39.1 Å². The summed E-state index contributed by atoms with van der Waals surface area (Å²) in [5.41, 5.74) is 4.49. The fraction of sp³-hybridized carbons (Fsp3) is 0.714.